The molecular weight excluding hydrogens is 129 g/mol. The normalized spacial score (nSPS) is 26.0. The van der Waals surface area contributed by atoms with E-state index in [1.807, 2.05) is 0 Å². The van der Waals surface area contributed by atoms with Crippen LogP contribution in [0.2, 0.25) is 0 Å². The van der Waals surface area contributed by atoms with Gasteiger partial charge in [-0.2, -0.15) is 0 Å². The van der Waals surface area contributed by atoms with E-state index in [9.17, 15) is 0 Å². The first-order valence-corrected chi connectivity index (χ1v) is 5.33. The lowest BCUT2D eigenvalue weighted by molar-refractivity contribution is 0.330. The Balaban J connectivity index is 2.24. The van der Waals surface area contributed by atoms with Crippen molar-refractivity contribution in [3.63, 3.8) is 0 Å². The van der Waals surface area contributed by atoms with Crippen molar-refractivity contribution < 1.29 is 0 Å². The molecule has 0 bridgehead atoms. The van der Waals surface area contributed by atoms with Crippen LogP contribution in [0.15, 0.2) is 0 Å². The molecule has 54 valence electrons. The number of rotatable bonds is 2. The van der Waals surface area contributed by atoms with Crippen molar-refractivity contribution in [2.75, 3.05) is 19.8 Å². The molecule has 1 nitrogen and oxygen atoms in total. The highest BCUT2D eigenvalue weighted by atomic mass is 31.1. The van der Waals surface area contributed by atoms with Crippen molar-refractivity contribution in [2.45, 2.75) is 25.5 Å². The third-order valence-corrected chi connectivity index (χ3v) is 3.31. The predicted octanol–water partition coefficient (Wildman–Crippen LogP) is 1.74. The van der Waals surface area contributed by atoms with E-state index < -0.39 is 0 Å². The number of nitrogens with zero attached hydrogens (tertiary/aromatic N) is 1. The summed E-state index contributed by atoms with van der Waals surface area (Å²) in [5.41, 5.74) is 0. The van der Waals surface area contributed by atoms with Crippen LogP contribution in [0.4, 0.5) is 0 Å². The Hall–Kier alpha value is 0.390. The standard InChI is InChI=1S/C7H16NP/c1-7(9-2)8-5-3-4-6-8/h7,9H,3-6H2,1-2H3. The molecule has 9 heavy (non-hydrogen) atoms. The second-order valence-electron chi connectivity index (χ2n) is 2.71. The third kappa shape index (κ3) is 1.91. The minimum atomic E-state index is 0.854. The molecule has 1 aliphatic rings. The molecule has 1 rings (SSSR count). The Kier molecular flexibility index (Phi) is 2.94. The lowest BCUT2D eigenvalue weighted by Gasteiger charge is -2.21. The van der Waals surface area contributed by atoms with Crippen LogP contribution in [-0.4, -0.2) is 30.4 Å². The van der Waals surface area contributed by atoms with E-state index in [1.54, 1.807) is 0 Å². The molecule has 0 aromatic heterocycles. The molecule has 0 amide bonds. The topological polar surface area (TPSA) is 3.24 Å². The Morgan fingerprint density at radius 3 is 2.33 bits per heavy atom. The molecule has 0 radical (unpaired) electrons. The zero-order valence-corrected chi connectivity index (χ0v) is 7.35. The van der Waals surface area contributed by atoms with E-state index in [0.717, 1.165) is 14.4 Å². The molecule has 0 aromatic rings. The molecule has 0 spiro atoms. The zero-order valence-electron chi connectivity index (χ0n) is 6.35. The minimum Gasteiger partial charge on any atom is -0.297 e. The largest absolute Gasteiger partial charge is 0.297 e. The van der Waals surface area contributed by atoms with Crippen molar-refractivity contribution in [1.29, 1.82) is 0 Å². The van der Waals surface area contributed by atoms with Gasteiger partial charge in [0.25, 0.3) is 0 Å². The monoisotopic (exact) mass is 145 g/mol. The Labute approximate surface area is 59.6 Å². The van der Waals surface area contributed by atoms with Crippen LogP contribution in [0.5, 0.6) is 0 Å². The lowest BCUT2D eigenvalue weighted by Crippen LogP contribution is -2.25. The van der Waals surface area contributed by atoms with Crippen molar-refractivity contribution in [2.24, 2.45) is 0 Å². The molecule has 1 saturated heterocycles. The van der Waals surface area contributed by atoms with E-state index >= 15 is 0 Å². The highest BCUT2D eigenvalue weighted by Crippen LogP contribution is 2.21. The summed E-state index contributed by atoms with van der Waals surface area (Å²) in [5.74, 6) is 0.854. The van der Waals surface area contributed by atoms with E-state index in [0.29, 0.717) is 0 Å². The molecular formula is C7H16NP. The Bertz CT molecular complexity index is 79.0. The second-order valence-corrected chi connectivity index (χ2v) is 4.12. The molecule has 0 N–H and O–H groups in total. The van der Waals surface area contributed by atoms with Gasteiger partial charge in [-0.1, -0.05) is 0 Å². The van der Waals surface area contributed by atoms with E-state index in [4.69, 9.17) is 0 Å². The van der Waals surface area contributed by atoms with Gasteiger partial charge in [0.1, 0.15) is 0 Å². The highest BCUT2D eigenvalue weighted by molar-refractivity contribution is 7.37. The molecule has 0 saturated carbocycles. The summed E-state index contributed by atoms with van der Waals surface area (Å²) in [6.07, 6.45) is 2.85. The van der Waals surface area contributed by atoms with Crippen LogP contribution in [-0.2, 0) is 0 Å². The Morgan fingerprint density at radius 1 is 1.33 bits per heavy atom. The maximum Gasteiger partial charge on any atom is 0.0237 e. The molecule has 1 fully saturated rings. The van der Waals surface area contributed by atoms with Gasteiger partial charge >= 0.3 is 0 Å². The fourth-order valence-electron chi connectivity index (χ4n) is 1.31. The summed E-state index contributed by atoms with van der Waals surface area (Å²) in [4.78, 5) is 2.60. The van der Waals surface area contributed by atoms with E-state index in [2.05, 4.69) is 18.5 Å². The molecule has 0 aliphatic carbocycles. The van der Waals surface area contributed by atoms with Gasteiger partial charge in [0.2, 0.25) is 0 Å². The molecule has 1 heterocycles. The van der Waals surface area contributed by atoms with Crippen molar-refractivity contribution in [1.82, 2.24) is 4.90 Å². The molecule has 2 unspecified atom stereocenters. The number of hydrogen-bond donors (Lipinski definition) is 0. The smallest absolute Gasteiger partial charge is 0.0237 e. The SMILES string of the molecule is CPC(C)N1CCCC1. The minimum absolute atomic E-state index is 0.854. The molecule has 2 heteroatoms. The van der Waals surface area contributed by atoms with Crippen LogP contribution in [0, 0.1) is 0 Å². The van der Waals surface area contributed by atoms with E-state index in [1.165, 1.54) is 25.9 Å². The van der Waals surface area contributed by atoms with Gasteiger partial charge in [-0.3, -0.25) is 4.90 Å². The first-order valence-electron chi connectivity index (χ1n) is 3.76. The summed E-state index contributed by atoms with van der Waals surface area (Å²) < 4.78 is 0. The first-order chi connectivity index (χ1) is 4.34. The lowest BCUT2D eigenvalue weighted by atomic mass is 10.4. The Morgan fingerprint density at radius 2 is 1.89 bits per heavy atom. The van der Waals surface area contributed by atoms with E-state index in [-0.39, 0.29) is 0 Å². The fourth-order valence-corrected chi connectivity index (χ4v) is 1.93. The fraction of sp³-hybridized carbons (Fsp3) is 1.00. The van der Waals surface area contributed by atoms with Gasteiger partial charge in [-0.25, -0.2) is 0 Å². The highest BCUT2D eigenvalue weighted by Gasteiger charge is 2.15. The van der Waals surface area contributed by atoms with Crippen LogP contribution >= 0.6 is 8.58 Å². The van der Waals surface area contributed by atoms with Gasteiger partial charge in [0.15, 0.2) is 0 Å². The van der Waals surface area contributed by atoms with Gasteiger partial charge in [-0.05, 0) is 39.5 Å². The summed E-state index contributed by atoms with van der Waals surface area (Å²) in [6, 6.07) is 0. The predicted molar refractivity (Wildman–Crippen MR) is 44.5 cm³/mol. The van der Waals surface area contributed by atoms with Crippen LogP contribution in [0.3, 0.4) is 0 Å². The van der Waals surface area contributed by atoms with Gasteiger partial charge in [-0.15, -0.1) is 8.58 Å². The first kappa shape index (κ1) is 7.50. The van der Waals surface area contributed by atoms with Gasteiger partial charge in [0.05, 0.1) is 0 Å². The summed E-state index contributed by atoms with van der Waals surface area (Å²) in [6.45, 7) is 7.33. The van der Waals surface area contributed by atoms with Crippen molar-refractivity contribution in [3.05, 3.63) is 0 Å². The maximum atomic E-state index is 2.60. The molecule has 0 aromatic carbocycles. The van der Waals surface area contributed by atoms with Gasteiger partial charge in [0, 0.05) is 5.78 Å². The zero-order chi connectivity index (χ0) is 6.69. The molecule has 1 aliphatic heterocycles. The van der Waals surface area contributed by atoms with Crippen molar-refractivity contribution in [3.8, 4) is 0 Å². The molecule has 2 atom stereocenters. The summed E-state index contributed by atoms with van der Waals surface area (Å²) >= 11 is 0. The summed E-state index contributed by atoms with van der Waals surface area (Å²) in [7, 11) is 1.09. The second kappa shape index (κ2) is 3.53. The average Bonchev–Trinajstić information content (AvgIpc) is 2.37. The third-order valence-electron chi connectivity index (χ3n) is 2.11. The van der Waals surface area contributed by atoms with Crippen molar-refractivity contribution >= 4 is 8.58 Å². The summed E-state index contributed by atoms with van der Waals surface area (Å²) in [5, 5.41) is 0. The average molecular weight is 145 g/mol. The number of hydrogen-bond acceptors (Lipinski definition) is 1. The van der Waals surface area contributed by atoms with Crippen LogP contribution in [0.1, 0.15) is 19.8 Å². The number of likely N-dealkylation sites (tertiary alicyclic amines) is 1. The maximum absolute atomic E-state index is 2.60. The quantitative estimate of drug-likeness (QED) is 0.535. The van der Waals surface area contributed by atoms with Crippen LogP contribution in [0.25, 0.3) is 0 Å². The van der Waals surface area contributed by atoms with Gasteiger partial charge < -0.3 is 0 Å². The van der Waals surface area contributed by atoms with Crippen LogP contribution < -0.4 is 0 Å².